The van der Waals surface area contributed by atoms with Crippen LogP contribution in [-0.4, -0.2) is 15.0 Å². The number of anilines is 1. The number of nitrogen functional groups attached to an aromatic ring is 1. The van der Waals surface area contributed by atoms with Gasteiger partial charge in [0.2, 0.25) is 11.2 Å². The molecule has 0 aliphatic rings. The molecule has 16 heavy (non-hydrogen) atoms. The number of benzene rings is 1. The fraction of sp³-hybridized carbons (Fsp3) is 0.100. The molecule has 0 amide bonds. The van der Waals surface area contributed by atoms with Crippen LogP contribution in [0.2, 0.25) is 5.28 Å². The molecule has 0 atom stereocenters. The maximum atomic E-state index is 5.73. The molecular formula is C10H8BrClN4. The molecule has 0 aliphatic carbocycles. The zero-order chi connectivity index (χ0) is 11.7. The average molecular weight is 300 g/mol. The normalized spacial score (nSPS) is 10.4. The van der Waals surface area contributed by atoms with Crippen molar-refractivity contribution in [1.29, 1.82) is 0 Å². The minimum Gasteiger partial charge on any atom is -0.368 e. The second-order valence-electron chi connectivity index (χ2n) is 3.25. The van der Waals surface area contributed by atoms with E-state index in [1.165, 1.54) is 0 Å². The first-order valence-electron chi connectivity index (χ1n) is 4.50. The van der Waals surface area contributed by atoms with E-state index in [-0.39, 0.29) is 11.2 Å². The van der Waals surface area contributed by atoms with Crippen LogP contribution in [0.25, 0.3) is 11.4 Å². The summed E-state index contributed by atoms with van der Waals surface area (Å²) in [5.74, 6) is 0.611. The maximum Gasteiger partial charge on any atom is 0.227 e. The first kappa shape index (κ1) is 11.3. The molecule has 1 aromatic heterocycles. The summed E-state index contributed by atoms with van der Waals surface area (Å²) in [6.07, 6.45) is 0. The van der Waals surface area contributed by atoms with Crippen LogP contribution in [0.4, 0.5) is 5.95 Å². The van der Waals surface area contributed by atoms with Crippen molar-refractivity contribution in [1.82, 2.24) is 15.0 Å². The SMILES string of the molecule is Cc1cc(Br)ccc1-c1nc(N)nc(Cl)n1. The molecule has 1 heterocycles. The highest BCUT2D eigenvalue weighted by Crippen LogP contribution is 2.24. The lowest BCUT2D eigenvalue weighted by molar-refractivity contribution is 1.07. The monoisotopic (exact) mass is 298 g/mol. The lowest BCUT2D eigenvalue weighted by Gasteiger charge is -2.05. The Hall–Kier alpha value is -1.20. The fourth-order valence-electron chi connectivity index (χ4n) is 1.36. The van der Waals surface area contributed by atoms with Crippen molar-refractivity contribution in [2.45, 2.75) is 6.92 Å². The summed E-state index contributed by atoms with van der Waals surface area (Å²) in [5.41, 5.74) is 7.45. The second-order valence-corrected chi connectivity index (χ2v) is 4.50. The minimum atomic E-state index is 0.102. The molecule has 4 nitrogen and oxygen atoms in total. The highest BCUT2D eigenvalue weighted by Gasteiger charge is 2.08. The minimum absolute atomic E-state index is 0.102. The predicted octanol–water partition coefficient (Wildman–Crippen LogP) is 2.85. The van der Waals surface area contributed by atoms with Crippen LogP contribution in [0.5, 0.6) is 0 Å². The summed E-state index contributed by atoms with van der Waals surface area (Å²) in [7, 11) is 0. The van der Waals surface area contributed by atoms with E-state index in [0.29, 0.717) is 5.82 Å². The summed E-state index contributed by atoms with van der Waals surface area (Å²) in [4.78, 5) is 11.8. The molecule has 0 radical (unpaired) electrons. The molecule has 82 valence electrons. The van der Waals surface area contributed by atoms with Gasteiger partial charge in [-0.3, -0.25) is 0 Å². The lowest BCUT2D eigenvalue weighted by Crippen LogP contribution is -2.00. The van der Waals surface area contributed by atoms with Crippen LogP contribution in [0.3, 0.4) is 0 Å². The number of aromatic nitrogens is 3. The molecule has 1 aromatic carbocycles. The van der Waals surface area contributed by atoms with Crippen molar-refractivity contribution in [2.75, 3.05) is 5.73 Å². The van der Waals surface area contributed by atoms with Gasteiger partial charge in [-0.25, -0.2) is 0 Å². The van der Waals surface area contributed by atoms with Crippen LogP contribution >= 0.6 is 27.5 Å². The second kappa shape index (κ2) is 4.35. The molecule has 2 rings (SSSR count). The number of rotatable bonds is 1. The third-order valence-corrected chi connectivity index (χ3v) is 2.72. The van der Waals surface area contributed by atoms with Crippen molar-refractivity contribution in [2.24, 2.45) is 0 Å². The van der Waals surface area contributed by atoms with E-state index in [0.717, 1.165) is 15.6 Å². The van der Waals surface area contributed by atoms with Crippen LogP contribution in [-0.2, 0) is 0 Å². The van der Waals surface area contributed by atoms with Gasteiger partial charge in [-0.15, -0.1) is 0 Å². The van der Waals surface area contributed by atoms with Crippen molar-refractivity contribution in [3.05, 3.63) is 33.5 Å². The Balaban J connectivity index is 2.58. The summed E-state index contributed by atoms with van der Waals surface area (Å²) < 4.78 is 1.00. The van der Waals surface area contributed by atoms with E-state index in [9.17, 15) is 0 Å². The van der Waals surface area contributed by atoms with Gasteiger partial charge < -0.3 is 5.73 Å². The number of hydrogen-bond donors (Lipinski definition) is 1. The third kappa shape index (κ3) is 2.31. The quantitative estimate of drug-likeness (QED) is 0.879. The zero-order valence-corrected chi connectivity index (χ0v) is 10.7. The summed E-state index contributed by atoms with van der Waals surface area (Å²) in [5, 5.41) is 0.102. The van der Waals surface area contributed by atoms with Gasteiger partial charge in [-0.1, -0.05) is 15.9 Å². The van der Waals surface area contributed by atoms with Crippen LogP contribution in [0, 0.1) is 6.92 Å². The molecule has 0 spiro atoms. The number of nitrogens with two attached hydrogens (primary N) is 1. The standard InChI is InChI=1S/C10H8BrClN4/c1-5-4-6(11)2-3-7(5)8-14-9(12)16-10(13)15-8/h2-4H,1H3,(H2,13,14,15,16). The Morgan fingerprint density at radius 1 is 1.25 bits per heavy atom. The molecule has 2 aromatic rings. The van der Waals surface area contributed by atoms with Crippen LogP contribution in [0.1, 0.15) is 5.56 Å². The van der Waals surface area contributed by atoms with E-state index in [1.54, 1.807) is 0 Å². The molecule has 0 fully saturated rings. The van der Waals surface area contributed by atoms with E-state index >= 15 is 0 Å². The number of halogens is 2. The van der Waals surface area contributed by atoms with Gasteiger partial charge in [-0.2, -0.15) is 15.0 Å². The van der Waals surface area contributed by atoms with Crippen LogP contribution < -0.4 is 5.73 Å². The van der Waals surface area contributed by atoms with Gasteiger partial charge in [0.1, 0.15) is 0 Å². The van der Waals surface area contributed by atoms with Gasteiger partial charge in [-0.05, 0) is 42.3 Å². The van der Waals surface area contributed by atoms with E-state index in [1.807, 2.05) is 25.1 Å². The van der Waals surface area contributed by atoms with Gasteiger partial charge in [0.05, 0.1) is 0 Å². The maximum absolute atomic E-state index is 5.73. The van der Waals surface area contributed by atoms with E-state index < -0.39 is 0 Å². The third-order valence-electron chi connectivity index (χ3n) is 2.05. The zero-order valence-electron chi connectivity index (χ0n) is 8.41. The van der Waals surface area contributed by atoms with Gasteiger partial charge >= 0.3 is 0 Å². The van der Waals surface area contributed by atoms with Gasteiger partial charge in [0.25, 0.3) is 0 Å². The largest absolute Gasteiger partial charge is 0.368 e. The van der Waals surface area contributed by atoms with E-state index in [2.05, 4.69) is 30.9 Å². The average Bonchev–Trinajstić information content (AvgIpc) is 2.15. The number of aryl methyl sites for hydroxylation is 1. The van der Waals surface area contributed by atoms with Crippen molar-refractivity contribution in [3.8, 4) is 11.4 Å². The Kier molecular flexibility index (Phi) is 3.07. The Morgan fingerprint density at radius 3 is 2.62 bits per heavy atom. The molecule has 0 saturated carbocycles. The van der Waals surface area contributed by atoms with Crippen LogP contribution in [0.15, 0.2) is 22.7 Å². The van der Waals surface area contributed by atoms with Crippen molar-refractivity contribution < 1.29 is 0 Å². The molecule has 2 N–H and O–H groups in total. The lowest BCUT2D eigenvalue weighted by atomic mass is 10.1. The Morgan fingerprint density at radius 2 is 2.00 bits per heavy atom. The van der Waals surface area contributed by atoms with Gasteiger partial charge in [0.15, 0.2) is 5.82 Å². The highest BCUT2D eigenvalue weighted by atomic mass is 79.9. The number of hydrogen-bond acceptors (Lipinski definition) is 4. The highest BCUT2D eigenvalue weighted by molar-refractivity contribution is 9.10. The Bertz CT molecular complexity index is 524. The summed E-state index contributed by atoms with van der Waals surface area (Å²) in [6, 6.07) is 5.80. The first-order valence-corrected chi connectivity index (χ1v) is 5.67. The van der Waals surface area contributed by atoms with Gasteiger partial charge in [0, 0.05) is 10.0 Å². The van der Waals surface area contributed by atoms with Crippen molar-refractivity contribution >= 4 is 33.5 Å². The smallest absolute Gasteiger partial charge is 0.227 e. The van der Waals surface area contributed by atoms with Crippen molar-refractivity contribution in [3.63, 3.8) is 0 Å². The molecule has 0 bridgehead atoms. The summed E-state index contributed by atoms with van der Waals surface area (Å²) in [6.45, 7) is 1.97. The molecular weight excluding hydrogens is 291 g/mol. The molecule has 0 saturated heterocycles. The molecule has 6 heteroatoms. The molecule has 0 aliphatic heterocycles. The first-order chi connectivity index (χ1) is 7.56. The summed E-state index contributed by atoms with van der Waals surface area (Å²) >= 11 is 9.13. The predicted molar refractivity (Wildman–Crippen MR) is 67.1 cm³/mol. The number of nitrogens with zero attached hydrogens (tertiary/aromatic N) is 3. The topological polar surface area (TPSA) is 64.7 Å². The fourth-order valence-corrected chi connectivity index (χ4v) is 2.01. The molecule has 0 unspecified atom stereocenters. The van der Waals surface area contributed by atoms with E-state index in [4.69, 9.17) is 17.3 Å². The Labute approximate surface area is 106 Å².